The van der Waals surface area contributed by atoms with Gasteiger partial charge in [-0.25, -0.2) is 0 Å². The van der Waals surface area contributed by atoms with Crippen LogP contribution in [0, 0.1) is 11.3 Å². The quantitative estimate of drug-likeness (QED) is 0.707. The van der Waals surface area contributed by atoms with E-state index in [1.165, 1.54) is 0 Å². The maximum atomic E-state index is 9.08. The van der Waals surface area contributed by atoms with Crippen molar-refractivity contribution in [2.75, 3.05) is 20.3 Å². The minimum Gasteiger partial charge on any atom is -0.497 e. The summed E-state index contributed by atoms with van der Waals surface area (Å²) < 4.78 is 10.2. The minimum absolute atomic E-state index is 0.450. The number of ether oxygens (including phenoxy) is 2. The van der Waals surface area contributed by atoms with Gasteiger partial charge in [-0.05, 0) is 17.7 Å². The molecule has 3 nitrogen and oxygen atoms in total. The van der Waals surface area contributed by atoms with Gasteiger partial charge >= 0.3 is 0 Å². The molecule has 0 radical (unpaired) electrons. The molecule has 0 saturated carbocycles. The van der Waals surface area contributed by atoms with Crippen LogP contribution in [0.4, 0.5) is 0 Å². The Morgan fingerprint density at radius 1 is 1.50 bits per heavy atom. The number of hydrogen-bond acceptors (Lipinski definition) is 3. The van der Waals surface area contributed by atoms with Gasteiger partial charge in [0.05, 0.1) is 26.4 Å². The van der Waals surface area contributed by atoms with Gasteiger partial charge in [0.2, 0.25) is 0 Å². The first-order valence-electron chi connectivity index (χ1n) is 4.44. The van der Waals surface area contributed by atoms with Crippen molar-refractivity contribution in [2.45, 2.75) is 5.41 Å². The molecule has 0 aliphatic carbocycles. The van der Waals surface area contributed by atoms with E-state index in [2.05, 4.69) is 6.07 Å². The van der Waals surface area contributed by atoms with Crippen molar-refractivity contribution in [3.8, 4) is 11.8 Å². The Bertz CT molecular complexity index is 377. The molecular weight excluding hydrogens is 178 g/mol. The van der Waals surface area contributed by atoms with E-state index in [-0.39, 0.29) is 0 Å². The second-order valence-corrected chi connectivity index (χ2v) is 3.42. The first kappa shape index (κ1) is 9.04. The van der Waals surface area contributed by atoms with Gasteiger partial charge in [0.1, 0.15) is 11.2 Å². The normalized spacial score (nSPS) is 18.0. The molecule has 0 amide bonds. The summed E-state index contributed by atoms with van der Waals surface area (Å²) in [7, 11) is 1.62. The highest BCUT2D eigenvalue weighted by atomic mass is 16.5. The number of methoxy groups -OCH3 is 1. The van der Waals surface area contributed by atoms with Crippen molar-refractivity contribution in [2.24, 2.45) is 0 Å². The molecule has 1 saturated heterocycles. The van der Waals surface area contributed by atoms with E-state index in [4.69, 9.17) is 14.7 Å². The molecule has 1 fully saturated rings. The van der Waals surface area contributed by atoms with Gasteiger partial charge in [0.15, 0.2) is 0 Å². The Labute approximate surface area is 82.9 Å². The highest BCUT2D eigenvalue weighted by Gasteiger charge is 2.40. The zero-order valence-electron chi connectivity index (χ0n) is 7.99. The number of nitrogens with zero attached hydrogens (tertiary/aromatic N) is 1. The van der Waals surface area contributed by atoms with E-state index in [1.54, 1.807) is 7.11 Å². The van der Waals surface area contributed by atoms with E-state index >= 15 is 0 Å². The van der Waals surface area contributed by atoms with Crippen LogP contribution in [0.15, 0.2) is 24.3 Å². The summed E-state index contributed by atoms with van der Waals surface area (Å²) in [5, 5.41) is 9.08. The van der Waals surface area contributed by atoms with Crippen molar-refractivity contribution < 1.29 is 9.47 Å². The van der Waals surface area contributed by atoms with Crippen LogP contribution in [-0.4, -0.2) is 20.3 Å². The average Bonchev–Trinajstić information content (AvgIpc) is 2.18. The third kappa shape index (κ3) is 1.24. The molecule has 1 heterocycles. The monoisotopic (exact) mass is 189 g/mol. The van der Waals surface area contributed by atoms with Crippen LogP contribution in [0.1, 0.15) is 5.56 Å². The predicted molar refractivity (Wildman–Crippen MR) is 51.1 cm³/mol. The zero-order chi connectivity index (χ0) is 10.0. The summed E-state index contributed by atoms with van der Waals surface area (Å²) in [5.41, 5.74) is 0.528. The highest BCUT2D eigenvalue weighted by Crippen LogP contribution is 2.33. The van der Waals surface area contributed by atoms with Gasteiger partial charge in [-0.3, -0.25) is 0 Å². The van der Waals surface area contributed by atoms with Crippen LogP contribution in [0.5, 0.6) is 5.75 Å². The fourth-order valence-corrected chi connectivity index (χ4v) is 1.52. The summed E-state index contributed by atoms with van der Waals surface area (Å²) in [6.07, 6.45) is 0. The molecule has 1 aliphatic heterocycles. The Hall–Kier alpha value is -1.53. The molecule has 1 aliphatic rings. The second-order valence-electron chi connectivity index (χ2n) is 3.42. The lowest BCUT2D eigenvalue weighted by molar-refractivity contribution is -0.0298. The number of rotatable bonds is 2. The fraction of sp³-hybridized carbons (Fsp3) is 0.364. The van der Waals surface area contributed by atoms with Crippen molar-refractivity contribution in [1.82, 2.24) is 0 Å². The third-order valence-electron chi connectivity index (χ3n) is 2.53. The molecule has 0 N–H and O–H groups in total. The molecule has 0 aromatic heterocycles. The molecule has 0 atom stereocenters. The number of benzene rings is 1. The molecule has 1 aromatic carbocycles. The van der Waals surface area contributed by atoms with Crippen LogP contribution < -0.4 is 4.74 Å². The van der Waals surface area contributed by atoms with Gasteiger partial charge in [-0.15, -0.1) is 0 Å². The smallest absolute Gasteiger partial charge is 0.129 e. The standard InChI is InChI=1S/C11H11NO2/c1-13-10-4-2-3-9(5-10)11(6-12)7-14-8-11/h2-5H,7-8H2,1H3. The van der Waals surface area contributed by atoms with Crippen LogP contribution in [0.25, 0.3) is 0 Å². The Balaban J connectivity index is 2.36. The van der Waals surface area contributed by atoms with Gasteiger partial charge in [0.25, 0.3) is 0 Å². The maximum absolute atomic E-state index is 9.08. The summed E-state index contributed by atoms with van der Waals surface area (Å²) in [6.45, 7) is 0.966. The molecule has 0 spiro atoms. The SMILES string of the molecule is COc1cccc(C2(C#N)COC2)c1. The average molecular weight is 189 g/mol. The van der Waals surface area contributed by atoms with Crippen LogP contribution >= 0.6 is 0 Å². The number of nitriles is 1. The lowest BCUT2D eigenvalue weighted by Gasteiger charge is -2.35. The molecule has 3 heteroatoms. The van der Waals surface area contributed by atoms with E-state index in [0.717, 1.165) is 11.3 Å². The van der Waals surface area contributed by atoms with E-state index < -0.39 is 5.41 Å². The van der Waals surface area contributed by atoms with Crippen LogP contribution in [0.2, 0.25) is 0 Å². The van der Waals surface area contributed by atoms with Gasteiger partial charge in [-0.1, -0.05) is 12.1 Å². The van der Waals surface area contributed by atoms with E-state index in [1.807, 2.05) is 24.3 Å². The van der Waals surface area contributed by atoms with Gasteiger partial charge in [-0.2, -0.15) is 5.26 Å². The Morgan fingerprint density at radius 3 is 2.79 bits per heavy atom. The lowest BCUT2D eigenvalue weighted by atomic mass is 9.80. The summed E-state index contributed by atoms with van der Waals surface area (Å²) in [5.74, 6) is 0.782. The van der Waals surface area contributed by atoms with Crippen molar-refractivity contribution in [3.63, 3.8) is 0 Å². The largest absolute Gasteiger partial charge is 0.497 e. The highest BCUT2D eigenvalue weighted by molar-refractivity contribution is 5.40. The molecular formula is C11H11NO2. The zero-order valence-corrected chi connectivity index (χ0v) is 7.99. The molecule has 2 rings (SSSR count). The Kier molecular flexibility index (Phi) is 2.14. The lowest BCUT2D eigenvalue weighted by Crippen LogP contribution is -2.45. The molecule has 14 heavy (non-hydrogen) atoms. The first-order valence-corrected chi connectivity index (χ1v) is 4.44. The molecule has 1 aromatic rings. The molecule has 72 valence electrons. The van der Waals surface area contributed by atoms with Crippen LogP contribution in [0.3, 0.4) is 0 Å². The summed E-state index contributed by atoms with van der Waals surface area (Å²) in [6, 6.07) is 9.90. The molecule has 0 bridgehead atoms. The Morgan fingerprint density at radius 2 is 2.29 bits per heavy atom. The van der Waals surface area contributed by atoms with Gasteiger partial charge < -0.3 is 9.47 Å². The summed E-state index contributed by atoms with van der Waals surface area (Å²) in [4.78, 5) is 0. The predicted octanol–water partition coefficient (Wildman–Crippen LogP) is 1.49. The first-order chi connectivity index (χ1) is 6.80. The van der Waals surface area contributed by atoms with Crippen LogP contribution in [-0.2, 0) is 10.2 Å². The van der Waals surface area contributed by atoms with Crippen molar-refractivity contribution in [3.05, 3.63) is 29.8 Å². The summed E-state index contributed by atoms with van der Waals surface area (Å²) >= 11 is 0. The van der Waals surface area contributed by atoms with Gasteiger partial charge in [0, 0.05) is 0 Å². The maximum Gasteiger partial charge on any atom is 0.129 e. The van der Waals surface area contributed by atoms with E-state index in [0.29, 0.717) is 13.2 Å². The second kappa shape index (κ2) is 3.32. The number of hydrogen-bond donors (Lipinski definition) is 0. The minimum atomic E-state index is -0.450. The topological polar surface area (TPSA) is 42.2 Å². The van der Waals surface area contributed by atoms with E-state index in [9.17, 15) is 0 Å². The fourth-order valence-electron chi connectivity index (χ4n) is 1.52. The molecule has 0 unspecified atom stereocenters. The third-order valence-corrected chi connectivity index (χ3v) is 2.53. The van der Waals surface area contributed by atoms with Crippen molar-refractivity contribution in [1.29, 1.82) is 5.26 Å². The van der Waals surface area contributed by atoms with Crippen molar-refractivity contribution >= 4 is 0 Å².